The highest BCUT2D eigenvalue weighted by molar-refractivity contribution is 5.36. The third kappa shape index (κ3) is 3.20. The second-order valence-electron chi connectivity index (χ2n) is 3.64. The van der Waals surface area contributed by atoms with Crippen molar-refractivity contribution in [1.82, 2.24) is 0 Å². The molecule has 3 heteroatoms. The van der Waals surface area contributed by atoms with Crippen LogP contribution in [0.3, 0.4) is 0 Å². The topological polar surface area (TPSA) is 35.2 Å². The van der Waals surface area contributed by atoms with E-state index in [1.807, 2.05) is 0 Å². The Morgan fingerprint density at radius 2 is 2.20 bits per heavy atom. The first-order valence-electron chi connectivity index (χ1n) is 5.33. The molecule has 0 radical (unpaired) electrons. The fourth-order valence-electron chi connectivity index (χ4n) is 1.41. The summed E-state index contributed by atoms with van der Waals surface area (Å²) in [5.41, 5.74) is 6.17. The lowest BCUT2D eigenvalue weighted by Crippen LogP contribution is -2.10. The Bertz CT molecular complexity index is 312. The van der Waals surface area contributed by atoms with Gasteiger partial charge in [0.1, 0.15) is 11.6 Å². The van der Waals surface area contributed by atoms with Crippen LogP contribution < -0.4 is 10.5 Å². The minimum atomic E-state index is -0.345. The number of hydrogen-bond acceptors (Lipinski definition) is 2. The summed E-state index contributed by atoms with van der Waals surface area (Å²) in [6.07, 6.45) is 2.03. The molecule has 0 fully saturated rings. The Hall–Kier alpha value is -1.09. The Kier molecular flexibility index (Phi) is 4.56. The number of rotatable bonds is 5. The maximum absolute atomic E-state index is 13.5. The molecule has 0 amide bonds. The van der Waals surface area contributed by atoms with Crippen LogP contribution in [0.4, 0.5) is 4.39 Å². The Morgan fingerprint density at radius 3 is 2.80 bits per heavy atom. The molecular weight excluding hydrogens is 193 g/mol. The molecule has 15 heavy (non-hydrogen) atoms. The van der Waals surface area contributed by atoms with Gasteiger partial charge >= 0.3 is 0 Å². The zero-order valence-corrected chi connectivity index (χ0v) is 9.29. The molecule has 0 unspecified atom stereocenters. The summed E-state index contributed by atoms with van der Waals surface area (Å²) in [5.74, 6) is 0.275. The predicted molar refractivity (Wildman–Crippen MR) is 59.4 cm³/mol. The fraction of sp³-hybridized carbons (Fsp3) is 0.500. The summed E-state index contributed by atoms with van der Waals surface area (Å²) in [7, 11) is 0. The lowest BCUT2D eigenvalue weighted by Gasteiger charge is -2.14. The second kappa shape index (κ2) is 5.71. The first-order valence-corrected chi connectivity index (χ1v) is 5.33. The van der Waals surface area contributed by atoms with Crippen LogP contribution in [0.1, 0.15) is 38.3 Å². The van der Waals surface area contributed by atoms with Gasteiger partial charge in [-0.2, -0.15) is 0 Å². The average Bonchev–Trinajstić information content (AvgIpc) is 2.17. The van der Waals surface area contributed by atoms with Crippen molar-refractivity contribution < 1.29 is 9.13 Å². The SMILES string of the molecule is CCCCOc1cccc(F)c1[C@H](C)N. The standard InChI is InChI=1S/C12H18FNO/c1-3-4-8-15-11-7-5-6-10(13)12(11)9(2)14/h5-7,9H,3-4,8,14H2,1-2H3/t9-/m0/s1. The van der Waals surface area contributed by atoms with E-state index in [9.17, 15) is 4.39 Å². The molecule has 0 bridgehead atoms. The third-order valence-electron chi connectivity index (χ3n) is 2.22. The Labute approximate surface area is 90.2 Å². The van der Waals surface area contributed by atoms with E-state index in [-0.39, 0.29) is 11.9 Å². The monoisotopic (exact) mass is 211 g/mol. The number of unbranched alkanes of at least 4 members (excludes halogenated alkanes) is 1. The molecule has 1 aromatic rings. The van der Waals surface area contributed by atoms with Crippen molar-refractivity contribution in [2.24, 2.45) is 5.73 Å². The van der Waals surface area contributed by atoms with Crippen molar-refractivity contribution in [3.05, 3.63) is 29.6 Å². The van der Waals surface area contributed by atoms with E-state index >= 15 is 0 Å². The van der Waals surface area contributed by atoms with E-state index in [1.165, 1.54) is 6.07 Å². The molecule has 2 nitrogen and oxygen atoms in total. The predicted octanol–water partition coefficient (Wildman–Crippen LogP) is 3.02. The third-order valence-corrected chi connectivity index (χ3v) is 2.22. The summed E-state index contributed by atoms with van der Waals surface area (Å²) in [5, 5.41) is 0. The Balaban J connectivity index is 2.81. The summed E-state index contributed by atoms with van der Waals surface area (Å²) >= 11 is 0. The molecule has 0 spiro atoms. The first-order chi connectivity index (χ1) is 7.16. The van der Waals surface area contributed by atoms with Crippen LogP contribution >= 0.6 is 0 Å². The van der Waals surface area contributed by atoms with Crippen molar-refractivity contribution in [3.8, 4) is 5.75 Å². The maximum Gasteiger partial charge on any atom is 0.131 e. The van der Waals surface area contributed by atoms with Crippen molar-refractivity contribution in [2.75, 3.05) is 6.61 Å². The molecule has 0 aliphatic rings. The number of nitrogens with two attached hydrogens (primary N) is 1. The molecule has 0 heterocycles. The highest BCUT2D eigenvalue weighted by atomic mass is 19.1. The van der Waals surface area contributed by atoms with E-state index in [0.29, 0.717) is 17.9 Å². The van der Waals surface area contributed by atoms with Gasteiger partial charge in [0.15, 0.2) is 0 Å². The van der Waals surface area contributed by atoms with Crippen LogP contribution in [-0.2, 0) is 0 Å². The van der Waals surface area contributed by atoms with Crippen LogP contribution in [0.5, 0.6) is 5.75 Å². The molecule has 0 saturated heterocycles. The van der Waals surface area contributed by atoms with E-state index in [1.54, 1.807) is 19.1 Å². The quantitative estimate of drug-likeness (QED) is 0.760. The van der Waals surface area contributed by atoms with Gasteiger partial charge in [0.05, 0.1) is 6.61 Å². The van der Waals surface area contributed by atoms with Crippen molar-refractivity contribution in [2.45, 2.75) is 32.7 Å². The normalized spacial score (nSPS) is 12.5. The van der Waals surface area contributed by atoms with E-state index in [4.69, 9.17) is 10.5 Å². The highest BCUT2D eigenvalue weighted by Gasteiger charge is 2.13. The number of benzene rings is 1. The van der Waals surface area contributed by atoms with Gasteiger partial charge in [0.25, 0.3) is 0 Å². The van der Waals surface area contributed by atoms with Crippen LogP contribution in [-0.4, -0.2) is 6.61 Å². The zero-order valence-electron chi connectivity index (χ0n) is 9.29. The van der Waals surface area contributed by atoms with E-state index < -0.39 is 0 Å². The maximum atomic E-state index is 13.5. The number of hydrogen-bond donors (Lipinski definition) is 1. The Morgan fingerprint density at radius 1 is 1.47 bits per heavy atom. The van der Waals surface area contributed by atoms with Crippen LogP contribution in [0.15, 0.2) is 18.2 Å². The largest absolute Gasteiger partial charge is 0.493 e. The van der Waals surface area contributed by atoms with Crippen molar-refractivity contribution >= 4 is 0 Å². The van der Waals surface area contributed by atoms with Crippen LogP contribution in [0.25, 0.3) is 0 Å². The summed E-state index contributed by atoms with van der Waals surface area (Å²) in [4.78, 5) is 0. The second-order valence-corrected chi connectivity index (χ2v) is 3.64. The summed E-state index contributed by atoms with van der Waals surface area (Å²) < 4.78 is 18.9. The lowest BCUT2D eigenvalue weighted by molar-refractivity contribution is 0.302. The van der Waals surface area contributed by atoms with Gasteiger partial charge in [-0.1, -0.05) is 19.4 Å². The van der Waals surface area contributed by atoms with Crippen molar-refractivity contribution in [1.29, 1.82) is 0 Å². The number of ether oxygens (including phenoxy) is 1. The molecule has 84 valence electrons. The van der Waals surface area contributed by atoms with Gasteiger partial charge in [-0.05, 0) is 25.5 Å². The minimum Gasteiger partial charge on any atom is -0.493 e. The fourth-order valence-corrected chi connectivity index (χ4v) is 1.41. The van der Waals surface area contributed by atoms with Gasteiger partial charge in [-0.15, -0.1) is 0 Å². The molecule has 1 atom stereocenters. The zero-order chi connectivity index (χ0) is 11.3. The molecule has 0 aromatic heterocycles. The molecule has 0 aliphatic heterocycles. The highest BCUT2D eigenvalue weighted by Crippen LogP contribution is 2.26. The van der Waals surface area contributed by atoms with Gasteiger partial charge in [-0.25, -0.2) is 4.39 Å². The van der Waals surface area contributed by atoms with Gasteiger partial charge < -0.3 is 10.5 Å². The number of halogens is 1. The van der Waals surface area contributed by atoms with Crippen LogP contribution in [0.2, 0.25) is 0 Å². The summed E-state index contributed by atoms with van der Waals surface area (Å²) in [6.45, 7) is 4.45. The molecule has 1 aromatic carbocycles. The average molecular weight is 211 g/mol. The lowest BCUT2D eigenvalue weighted by atomic mass is 10.1. The molecule has 0 aliphatic carbocycles. The molecule has 1 rings (SSSR count). The first kappa shape index (κ1) is 12.0. The molecule has 2 N–H and O–H groups in total. The summed E-state index contributed by atoms with van der Waals surface area (Å²) in [6, 6.07) is 4.47. The minimum absolute atomic E-state index is 0.293. The van der Waals surface area contributed by atoms with Gasteiger partial charge in [0, 0.05) is 11.6 Å². The molecule has 0 saturated carbocycles. The van der Waals surface area contributed by atoms with Gasteiger partial charge in [0.2, 0.25) is 0 Å². The van der Waals surface area contributed by atoms with Gasteiger partial charge in [-0.3, -0.25) is 0 Å². The van der Waals surface area contributed by atoms with E-state index in [2.05, 4.69) is 6.92 Å². The molecular formula is C12H18FNO. The van der Waals surface area contributed by atoms with Crippen molar-refractivity contribution in [3.63, 3.8) is 0 Å². The van der Waals surface area contributed by atoms with Crippen LogP contribution in [0, 0.1) is 5.82 Å². The smallest absolute Gasteiger partial charge is 0.131 e. The van der Waals surface area contributed by atoms with E-state index in [0.717, 1.165) is 12.8 Å².